The molecule has 27 heavy (non-hydrogen) atoms. The van der Waals surface area contributed by atoms with E-state index in [9.17, 15) is 4.79 Å². The van der Waals surface area contributed by atoms with Crippen molar-refractivity contribution in [1.82, 2.24) is 15.3 Å². The maximum atomic E-state index is 13.1. The van der Waals surface area contributed by atoms with E-state index in [-0.39, 0.29) is 5.41 Å². The van der Waals surface area contributed by atoms with Gasteiger partial charge >= 0.3 is 0 Å². The molecule has 1 N–H and O–H groups in total. The Kier molecular flexibility index (Phi) is 4.30. The first-order valence-electron chi connectivity index (χ1n) is 10.3. The Morgan fingerprint density at radius 3 is 2.41 bits per heavy atom. The molecule has 2 aromatic heterocycles. The van der Waals surface area contributed by atoms with Crippen LogP contribution in [0.1, 0.15) is 49.1 Å². The maximum absolute atomic E-state index is 13.1. The Morgan fingerprint density at radius 2 is 1.78 bits per heavy atom. The minimum Gasteiger partial charge on any atom is -0.355 e. The van der Waals surface area contributed by atoms with Crippen LogP contribution in [0.5, 0.6) is 0 Å². The lowest BCUT2D eigenvalue weighted by molar-refractivity contribution is -0.146. The molecule has 4 aliphatic rings. The molecule has 4 saturated carbocycles. The predicted molar refractivity (Wildman–Crippen MR) is 107 cm³/mol. The zero-order valence-electron chi connectivity index (χ0n) is 15.9. The van der Waals surface area contributed by atoms with Crippen molar-refractivity contribution in [3.8, 4) is 10.6 Å². The van der Waals surface area contributed by atoms with E-state index in [1.54, 1.807) is 23.7 Å². The summed E-state index contributed by atoms with van der Waals surface area (Å²) in [4.78, 5) is 23.1. The number of carbonyl (C=O) groups is 1. The Morgan fingerprint density at radius 1 is 1.15 bits per heavy atom. The van der Waals surface area contributed by atoms with Crippen LogP contribution in [0.2, 0.25) is 0 Å². The van der Waals surface area contributed by atoms with E-state index >= 15 is 0 Å². The van der Waals surface area contributed by atoms with E-state index in [2.05, 4.69) is 17.2 Å². The number of hydrogen-bond acceptors (Lipinski definition) is 4. The molecule has 0 atom stereocenters. The number of carbonyl (C=O) groups excluding carboxylic acids is 1. The second-order valence-corrected chi connectivity index (χ2v) is 10.1. The molecule has 142 valence electrons. The lowest BCUT2D eigenvalue weighted by Gasteiger charge is -2.55. The van der Waals surface area contributed by atoms with Crippen LogP contribution in [0, 0.1) is 30.1 Å². The number of pyridine rings is 1. The highest BCUT2D eigenvalue weighted by atomic mass is 32.1. The van der Waals surface area contributed by atoms with Crippen LogP contribution in [-0.4, -0.2) is 22.4 Å². The molecule has 0 radical (unpaired) electrons. The Hall–Kier alpha value is -1.75. The van der Waals surface area contributed by atoms with Gasteiger partial charge in [-0.1, -0.05) is 0 Å². The van der Waals surface area contributed by atoms with E-state index in [4.69, 9.17) is 4.98 Å². The van der Waals surface area contributed by atoms with Crippen LogP contribution in [0.3, 0.4) is 0 Å². The summed E-state index contributed by atoms with van der Waals surface area (Å²) in [6, 6.07) is 3.99. The molecule has 5 heteroatoms. The number of thiazole rings is 1. The van der Waals surface area contributed by atoms with Crippen molar-refractivity contribution < 1.29 is 4.79 Å². The summed E-state index contributed by atoms with van der Waals surface area (Å²) in [5.74, 6) is 2.77. The number of amides is 1. The van der Waals surface area contributed by atoms with Gasteiger partial charge in [0, 0.05) is 41.2 Å². The highest BCUT2D eigenvalue weighted by Gasteiger charge is 2.54. The molecule has 4 aliphatic carbocycles. The van der Waals surface area contributed by atoms with Gasteiger partial charge in [-0.3, -0.25) is 9.78 Å². The summed E-state index contributed by atoms with van der Waals surface area (Å²) >= 11 is 1.73. The van der Waals surface area contributed by atoms with Gasteiger partial charge < -0.3 is 5.32 Å². The summed E-state index contributed by atoms with van der Waals surface area (Å²) in [5.41, 5.74) is 2.15. The molecule has 4 fully saturated rings. The van der Waals surface area contributed by atoms with Crippen LogP contribution in [0.15, 0.2) is 24.5 Å². The number of nitrogens with zero attached hydrogens (tertiary/aromatic N) is 2. The van der Waals surface area contributed by atoms with Gasteiger partial charge in [-0.2, -0.15) is 0 Å². The van der Waals surface area contributed by atoms with Gasteiger partial charge in [-0.25, -0.2) is 4.98 Å². The van der Waals surface area contributed by atoms with Crippen LogP contribution in [0.4, 0.5) is 0 Å². The van der Waals surface area contributed by atoms with Crippen LogP contribution in [0.25, 0.3) is 10.6 Å². The molecular weight excluding hydrogens is 354 g/mol. The predicted octanol–water partition coefficient (Wildman–Crippen LogP) is 4.39. The molecule has 0 spiro atoms. The van der Waals surface area contributed by atoms with Gasteiger partial charge in [-0.05, 0) is 75.3 Å². The number of nitrogens with one attached hydrogen (secondary N) is 1. The summed E-state index contributed by atoms with van der Waals surface area (Å²) in [6.45, 7) is 2.79. The molecule has 1 amide bonds. The molecule has 2 heterocycles. The van der Waals surface area contributed by atoms with E-state index in [0.717, 1.165) is 66.2 Å². The molecule has 4 bridgehead atoms. The lowest BCUT2D eigenvalue weighted by atomic mass is 9.49. The minimum atomic E-state index is -0.0420. The first-order chi connectivity index (χ1) is 13.1. The summed E-state index contributed by atoms with van der Waals surface area (Å²) in [5, 5.41) is 4.33. The molecule has 0 unspecified atom stereocenters. The highest BCUT2D eigenvalue weighted by Crippen LogP contribution is 2.60. The first kappa shape index (κ1) is 17.4. The smallest absolute Gasteiger partial charge is 0.226 e. The zero-order valence-corrected chi connectivity index (χ0v) is 16.7. The van der Waals surface area contributed by atoms with Crippen LogP contribution < -0.4 is 5.32 Å². The van der Waals surface area contributed by atoms with Crippen molar-refractivity contribution in [2.45, 2.75) is 51.9 Å². The summed E-state index contributed by atoms with van der Waals surface area (Å²) in [7, 11) is 0. The molecule has 6 rings (SSSR count). The standard InChI is InChI=1S/C22H27N3OS/c1-14-19(27-20(25-14)18-2-5-23-6-3-18)4-7-24-21(26)22-11-15-8-16(12-22)10-17(9-15)13-22/h2-3,5-6,15-17H,4,7-13H2,1H3,(H,24,26). The van der Waals surface area contributed by atoms with Crippen molar-refractivity contribution in [3.63, 3.8) is 0 Å². The third kappa shape index (κ3) is 3.20. The SMILES string of the molecule is Cc1nc(-c2ccncc2)sc1CCNC(=O)C12CC3CC(CC(C3)C1)C2. The fourth-order valence-corrected chi connectivity index (χ4v) is 7.21. The van der Waals surface area contributed by atoms with Gasteiger partial charge in [0.25, 0.3) is 0 Å². The Bertz CT molecular complexity index is 809. The molecule has 4 nitrogen and oxygen atoms in total. The Balaban J connectivity index is 1.22. The van der Waals surface area contributed by atoms with E-state index in [1.807, 2.05) is 12.1 Å². The third-order valence-corrected chi connectivity index (χ3v) is 8.24. The second-order valence-electron chi connectivity index (χ2n) is 8.97. The number of aromatic nitrogens is 2. The molecule has 0 aromatic carbocycles. The van der Waals surface area contributed by atoms with Gasteiger partial charge in [0.1, 0.15) is 5.01 Å². The average molecular weight is 382 g/mol. The number of aryl methyl sites for hydroxylation is 1. The molecule has 2 aromatic rings. The number of rotatable bonds is 5. The van der Waals surface area contributed by atoms with Crippen LogP contribution in [-0.2, 0) is 11.2 Å². The fourth-order valence-electron chi connectivity index (χ4n) is 6.14. The summed E-state index contributed by atoms with van der Waals surface area (Å²) < 4.78 is 0. The van der Waals surface area contributed by atoms with Crippen molar-refractivity contribution in [2.75, 3.05) is 6.54 Å². The van der Waals surface area contributed by atoms with Crippen LogP contribution >= 0.6 is 11.3 Å². The maximum Gasteiger partial charge on any atom is 0.226 e. The monoisotopic (exact) mass is 381 g/mol. The minimum absolute atomic E-state index is 0.0420. The van der Waals surface area contributed by atoms with Gasteiger partial charge in [-0.15, -0.1) is 11.3 Å². The van der Waals surface area contributed by atoms with Crippen molar-refractivity contribution in [3.05, 3.63) is 35.1 Å². The summed E-state index contributed by atoms with van der Waals surface area (Å²) in [6.07, 6.45) is 12.0. The fraction of sp³-hybridized carbons (Fsp3) is 0.591. The molecule has 0 saturated heterocycles. The topological polar surface area (TPSA) is 54.9 Å². The Labute approximate surface area is 164 Å². The quantitative estimate of drug-likeness (QED) is 0.836. The zero-order chi connectivity index (χ0) is 18.4. The first-order valence-corrected chi connectivity index (χ1v) is 11.1. The average Bonchev–Trinajstić information content (AvgIpc) is 3.02. The highest BCUT2D eigenvalue weighted by molar-refractivity contribution is 7.15. The van der Waals surface area contributed by atoms with Gasteiger partial charge in [0.15, 0.2) is 0 Å². The van der Waals surface area contributed by atoms with Gasteiger partial charge in [0.05, 0.1) is 5.69 Å². The van der Waals surface area contributed by atoms with E-state index < -0.39 is 0 Å². The van der Waals surface area contributed by atoms with E-state index in [1.165, 1.54) is 24.1 Å². The molecule has 0 aliphatic heterocycles. The normalized spacial score (nSPS) is 31.2. The van der Waals surface area contributed by atoms with Crippen molar-refractivity contribution >= 4 is 17.2 Å². The number of hydrogen-bond donors (Lipinski definition) is 1. The largest absolute Gasteiger partial charge is 0.355 e. The van der Waals surface area contributed by atoms with Crippen molar-refractivity contribution in [1.29, 1.82) is 0 Å². The second kappa shape index (κ2) is 6.69. The van der Waals surface area contributed by atoms with Gasteiger partial charge in [0.2, 0.25) is 5.91 Å². The van der Waals surface area contributed by atoms with Crippen molar-refractivity contribution in [2.24, 2.45) is 23.2 Å². The van der Waals surface area contributed by atoms with E-state index in [0.29, 0.717) is 5.91 Å². The molecular formula is C22H27N3OS. The third-order valence-electron chi connectivity index (χ3n) is 6.98. The lowest BCUT2D eigenvalue weighted by Crippen LogP contribution is -2.53.